The van der Waals surface area contributed by atoms with Gasteiger partial charge in [0, 0.05) is 3.57 Å². The van der Waals surface area contributed by atoms with Gasteiger partial charge in [0.2, 0.25) is 0 Å². The first-order valence-corrected chi connectivity index (χ1v) is 8.68. The minimum absolute atomic E-state index is 0.252. The Morgan fingerprint density at radius 3 is 2.35 bits per heavy atom. The molecule has 3 nitrogen and oxygen atoms in total. The van der Waals surface area contributed by atoms with E-state index >= 15 is 0 Å². The highest BCUT2D eigenvalue weighted by molar-refractivity contribution is 14.1. The van der Waals surface area contributed by atoms with Crippen molar-refractivity contribution < 1.29 is 14.0 Å². The number of halogens is 2. The van der Waals surface area contributed by atoms with Crippen molar-refractivity contribution in [1.29, 1.82) is 0 Å². The maximum Gasteiger partial charge on any atom is 0.293 e. The fraction of sp³-hybridized carbons (Fsp3) is 0.0588. The van der Waals surface area contributed by atoms with E-state index in [0.29, 0.717) is 10.5 Å². The third-order valence-corrected chi connectivity index (χ3v) is 4.92. The molecule has 3 rings (SSSR count). The van der Waals surface area contributed by atoms with Gasteiger partial charge in [-0.2, -0.15) is 0 Å². The second kappa shape index (κ2) is 6.84. The van der Waals surface area contributed by atoms with Gasteiger partial charge in [-0.1, -0.05) is 24.3 Å². The molecule has 23 heavy (non-hydrogen) atoms. The summed E-state index contributed by atoms with van der Waals surface area (Å²) in [7, 11) is 0. The van der Waals surface area contributed by atoms with Crippen LogP contribution in [0.15, 0.2) is 53.4 Å². The Bertz CT molecular complexity index is 787. The normalized spacial score (nSPS) is 16.4. The van der Waals surface area contributed by atoms with Crippen LogP contribution in [0.4, 0.5) is 9.18 Å². The van der Waals surface area contributed by atoms with E-state index in [1.54, 1.807) is 18.2 Å². The summed E-state index contributed by atoms with van der Waals surface area (Å²) in [5.41, 5.74) is 1.59. The van der Waals surface area contributed by atoms with Gasteiger partial charge in [-0.15, -0.1) is 0 Å². The molecule has 116 valence electrons. The van der Waals surface area contributed by atoms with E-state index in [1.165, 1.54) is 17.0 Å². The largest absolute Gasteiger partial charge is 0.293 e. The molecule has 0 radical (unpaired) electrons. The number of rotatable bonds is 3. The van der Waals surface area contributed by atoms with Crippen LogP contribution in [0.5, 0.6) is 0 Å². The summed E-state index contributed by atoms with van der Waals surface area (Å²) >= 11 is 3.11. The van der Waals surface area contributed by atoms with Crippen LogP contribution in [0, 0.1) is 9.39 Å². The Morgan fingerprint density at radius 2 is 1.70 bits per heavy atom. The van der Waals surface area contributed by atoms with Gasteiger partial charge < -0.3 is 0 Å². The Labute approximate surface area is 150 Å². The third kappa shape index (κ3) is 3.81. The Hall–Kier alpha value is -1.67. The van der Waals surface area contributed by atoms with Crippen molar-refractivity contribution in [3.05, 3.63) is 74.0 Å². The van der Waals surface area contributed by atoms with Crippen molar-refractivity contribution in [2.75, 3.05) is 0 Å². The molecule has 1 fully saturated rings. The van der Waals surface area contributed by atoms with Gasteiger partial charge in [0.15, 0.2) is 0 Å². The molecule has 0 aliphatic carbocycles. The lowest BCUT2D eigenvalue weighted by molar-refractivity contribution is -0.123. The molecular weight excluding hydrogens is 428 g/mol. The maximum atomic E-state index is 12.9. The summed E-state index contributed by atoms with van der Waals surface area (Å²) in [4.78, 5) is 26.1. The van der Waals surface area contributed by atoms with Gasteiger partial charge in [0.1, 0.15) is 5.82 Å². The van der Waals surface area contributed by atoms with E-state index in [-0.39, 0.29) is 23.5 Å². The van der Waals surface area contributed by atoms with E-state index in [2.05, 4.69) is 22.6 Å². The van der Waals surface area contributed by atoms with E-state index < -0.39 is 0 Å². The smallest absolute Gasteiger partial charge is 0.268 e. The molecule has 0 atom stereocenters. The van der Waals surface area contributed by atoms with E-state index in [4.69, 9.17) is 0 Å². The van der Waals surface area contributed by atoms with Crippen LogP contribution >= 0.6 is 34.4 Å². The van der Waals surface area contributed by atoms with Crippen LogP contribution < -0.4 is 0 Å². The summed E-state index contributed by atoms with van der Waals surface area (Å²) in [6, 6.07) is 13.4. The van der Waals surface area contributed by atoms with Crippen molar-refractivity contribution in [1.82, 2.24) is 4.90 Å². The lowest BCUT2D eigenvalue weighted by Crippen LogP contribution is -2.27. The zero-order chi connectivity index (χ0) is 16.4. The number of benzene rings is 2. The predicted molar refractivity (Wildman–Crippen MR) is 97.1 cm³/mol. The van der Waals surface area contributed by atoms with Crippen molar-refractivity contribution in [3.63, 3.8) is 0 Å². The molecule has 0 unspecified atom stereocenters. The molecule has 2 aromatic carbocycles. The SMILES string of the molecule is O=C1S/C(=C\c2ccc(F)cc2)C(=O)N1Cc1ccc(I)cc1. The van der Waals surface area contributed by atoms with Crippen LogP contribution in [0.25, 0.3) is 6.08 Å². The van der Waals surface area contributed by atoms with Crippen LogP contribution in [0.1, 0.15) is 11.1 Å². The topological polar surface area (TPSA) is 37.4 Å². The summed E-state index contributed by atoms with van der Waals surface area (Å²) < 4.78 is 14.0. The van der Waals surface area contributed by atoms with Crippen LogP contribution in [0.2, 0.25) is 0 Å². The van der Waals surface area contributed by atoms with E-state index in [0.717, 1.165) is 20.9 Å². The fourth-order valence-electron chi connectivity index (χ4n) is 2.12. The van der Waals surface area contributed by atoms with Crippen molar-refractivity contribution in [2.45, 2.75) is 6.54 Å². The number of thioether (sulfide) groups is 1. The van der Waals surface area contributed by atoms with Crippen LogP contribution in [0.3, 0.4) is 0 Å². The lowest BCUT2D eigenvalue weighted by Gasteiger charge is -2.12. The summed E-state index contributed by atoms with van der Waals surface area (Å²) in [5.74, 6) is -0.656. The van der Waals surface area contributed by atoms with E-state index in [1.807, 2.05) is 24.3 Å². The van der Waals surface area contributed by atoms with Gasteiger partial charge in [-0.3, -0.25) is 14.5 Å². The molecule has 6 heteroatoms. The highest BCUT2D eigenvalue weighted by Crippen LogP contribution is 2.33. The Morgan fingerprint density at radius 1 is 1.04 bits per heavy atom. The molecule has 1 saturated heterocycles. The van der Waals surface area contributed by atoms with Crippen molar-refractivity contribution in [3.8, 4) is 0 Å². The number of amides is 2. The molecule has 0 aromatic heterocycles. The fourth-order valence-corrected chi connectivity index (χ4v) is 3.32. The number of hydrogen-bond donors (Lipinski definition) is 0. The molecule has 1 heterocycles. The zero-order valence-corrected chi connectivity index (χ0v) is 14.8. The second-order valence-corrected chi connectivity index (χ2v) is 7.18. The number of carbonyl (C=O) groups is 2. The summed E-state index contributed by atoms with van der Waals surface area (Å²) in [5, 5.41) is -0.290. The first kappa shape index (κ1) is 16.2. The van der Waals surface area contributed by atoms with Gasteiger partial charge in [-0.05, 0) is 75.8 Å². The molecular formula is C17H11FINO2S. The Kier molecular flexibility index (Phi) is 4.82. The number of imide groups is 1. The average Bonchev–Trinajstić information content (AvgIpc) is 2.79. The van der Waals surface area contributed by atoms with Gasteiger partial charge in [-0.25, -0.2) is 4.39 Å². The maximum absolute atomic E-state index is 12.9. The van der Waals surface area contributed by atoms with Crippen molar-refractivity contribution >= 4 is 51.6 Å². The van der Waals surface area contributed by atoms with Crippen LogP contribution in [-0.4, -0.2) is 16.0 Å². The molecule has 1 aliphatic heterocycles. The van der Waals surface area contributed by atoms with Gasteiger partial charge >= 0.3 is 0 Å². The molecule has 2 aromatic rings. The first-order valence-electron chi connectivity index (χ1n) is 6.78. The molecule has 0 N–H and O–H groups in total. The lowest BCUT2D eigenvalue weighted by atomic mass is 10.2. The number of nitrogens with zero attached hydrogens (tertiary/aromatic N) is 1. The standard InChI is InChI=1S/C17H11FINO2S/c18-13-5-1-11(2-6-13)9-15-16(21)20(17(22)23-15)10-12-3-7-14(19)8-4-12/h1-9H,10H2/b15-9-. The molecule has 1 aliphatic rings. The molecule has 0 spiro atoms. The van der Waals surface area contributed by atoms with E-state index in [9.17, 15) is 14.0 Å². The number of carbonyl (C=O) groups excluding carboxylic acids is 2. The number of hydrogen-bond acceptors (Lipinski definition) is 3. The zero-order valence-electron chi connectivity index (χ0n) is 11.8. The summed E-state index contributed by atoms with van der Waals surface area (Å²) in [6.07, 6.45) is 1.61. The van der Waals surface area contributed by atoms with Crippen LogP contribution in [-0.2, 0) is 11.3 Å². The van der Waals surface area contributed by atoms with Gasteiger partial charge in [0.05, 0.1) is 11.4 Å². The highest BCUT2D eigenvalue weighted by Gasteiger charge is 2.34. The second-order valence-electron chi connectivity index (χ2n) is 4.95. The third-order valence-electron chi connectivity index (χ3n) is 3.30. The summed E-state index contributed by atoms with van der Waals surface area (Å²) in [6.45, 7) is 0.252. The monoisotopic (exact) mass is 439 g/mol. The quantitative estimate of drug-likeness (QED) is 0.516. The predicted octanol–water partition coefficient (Wildman–Crippen LogP) is 4.67. The molecule has 2 amide bonds. The van der Waals surface area contributed by atoms with Crippen molar-refractivity contribution in [2.24, 2.45) is 0 Å². The molecule has 0 saturated carbocycles. The first-order chi connectivity index (χ1) is 11.0. The highest BCUT2D eigenvalue weighted by atomic mass is 127. The minimum atomic E-state index is -0.339. The Balaban J connectivity index is 1.79. The van der Waals surface area contributed by atoms with Gasteiger partial charge in [0.25, 0.3) is 11.1 Å². The minimum Gasteiger partial charge on any atom is -0.268 e. The molecule has 0 bridgehead atoms. The average molecular weight is 439 g/mol.